The number of aliphatic imine (C=N–C) groups is 1. The van der Waals surface area contributed by atoms with Gasteiger partial charge in [0.05, 0.1) is 0 Å². The molecule has 0 saturated heterocycles. The third-order valence-electron chi connectivity index (χ3n) is 5.01. The van der Waals surface area contributed by atoms with E-state index in [9.17, 15) is 4.79 Å². The zero-order chi connectivity index (χ0) is 20.6. The van der Waals surface area contributed by atoms with Crippen LogP contribution in [0.15, 0.2) is 53.5 Å². The van der Waals surface area contributed by atoms with Crippen LogP contribution in [0.5, 0.6) is 0 Å². The minimum absolute atomic E-state index is 0.202. The molecule has 154 valence electrons. The second-order valence-corrected chi connectivity index (χ2v) is 7.78. The zero-order valence-electron chi connectivity index (χ0n) is 17.2. The summed E-state index contributed by atoms with van der Waals surface area (Å²) in [6, 6.07) is 16.1. The van der Waals surface area contributed by atoms with Crippen molar-refractivity contribution in [2.75, 3.05) is 20.1 Å². The van der Waals surface area contributed by atoms with Crippen molar-refractivity contribution < 1.29 is 4.79 Å². The Labute approximate surface area is 178 Å². The lowest BCUT2D eigenvalue weighted by Crippen LogP contribution is -2.38. The maximum atomic E-state index is 12.5. The summed E-state index contributed by atoms with van der Waals surface area (Å²) in [5.74, 6) is 1.04. The molecule has 0 aliphatic carbocycles. The predicted molar refractivity (Wildman–Crippen MR) is 119 cm³/mol. The minimum atomic E-state index is 0.202. The fourth-order valence-corrected chi connectivity index (χ4v) is 3.75. The topological polar surface area (TPSA) is 47.9 Å². The first-order valence-corrected chi connectivity index (χ1v) is 10.5. The number of nitrogens with one attached hydrogen (secondary N) is 1. The van der Waals surface area contributed by atoms with Gasteiger partial charge in [0.25, 0.3) is 0 Å². The van der Waals surface area contributed by atoms with Crippen LogP contribution in [0.1, 0.15) is 36.5 Å². The van der Waals surface area contributed by atoms with Gasteiger partial charge < -0.3 is 15.1 Å². The number of rotatable bonds is 7. The Morgan fingerprint density at radius 1 is 1.17 bits per heavy atom. The van der Waals surface area contributed by atoms with Crippen LogP contribution in [0.2, 0.25) is 5.02 Å². The Kier molecular flexibility index (Phi) is 7.53. The van der Waals surface area contributed by atoms with Gasteiger partial charge in [0.15, 0.2) is 5.96 Å². The summed E-state index contributed by atoms with van der Waals surface area (Å²) in [6.07, 6.45) is 1.26. The van der Waals surface area contributed by atoms with Gasteiger partial charge in [-0.05, 0) is 42.2 Å². The fraction of sp³-hybridized carbons (Fsp3) is 0.391. The lowest BCUT2D eigenvalue weighted by Gasteiger charge is -2.22. The number of halogens is 1. The number of carbonyl (C=O) groups excluding carboxylic acids is 1. The van der Waals surface area contributed by atoms with Gasteiger partial charge in [-0.15, -0.1) is 0 Å². The molecule has 0 atom stereocenters. The second kappa shape index (κ2) is 10.3. The number of benzene rings is 2. The number of hydrogen-bond donors (Lipinski definition) is 1. The van der Waals surface area contributed by atoms with Gasteiger partial charge in [-0.1, -0.05) is 48.0 Å². The normalized spacial score (nSPS) is 13.3. The first-order valence-electron chi connectivity index (χ1n) is 10.1. The molecule has 0 aromatic heterocycles. The van der Waals surface area contributed by atoms with E-state index in [-0.39, 0.29) is 5.91 Å². The molecule has 3 rings (SSSR count). The SMILES string of the molecule is CCNC(=NCCCC(=O)N1Cc2ccccc2C1)N(C)Cc1cccc(Cl)c1. The van der Waals surface area contributed by atoms with Crippen molar-refractivity contribution >= 4 is 23.5 Å². The summed E-state index contributed by atoms with van der Waals surface area (Å²) in [5.41, 5.74) is 3.65. The van der Waals surface area contributed by atoms with Crippen LogP contribution >= 0.6 is 11.6 Å². The van der Waals surface area contributed by atoms with Crippen LogP contribution in [-0.4, -0.2) is 41.8 Å². The fourth-order valence-electron chi connectivity index (χ4n) is 3.54. The zero-order valence-corrected chi connectivity index (χ0v) is 18.0. The maximum absolute atomic E-state index is 12.5. The minimum Gasteiger partial charge on any atom is -0.357 e. The number of fused-ring (bicyclic) bond motifs is 1. The first kappa shape index (κ1) is 21.2. The smallest absolute Gasteiger partial charge is 0.223 e. The average Bonchev–Trinajstić information content (AvgIpc) is 3.14. The van der Waals surface area contributed by atoms with E-state index in [1.807, 2.05) is 42.3 Å². The molecule has 0 radical (unpaired) electrons. The molecule has 1 heterocycles. The van der Waals surface area contributed by atoms with Crippen molar-refractivity contribution in [2.24, 2.45) is 4.99 Å². The van der Waals surface area contributed by atoms with Gasteiger partial charge >= 0.3 is 0 Å². The summed E-state index contributed by atoms with van der Waals surface area (Å²) in [6.45, 7) is 5.64. The molecule has 0 fully saturated rings. The van der Waals surface area contributed by atoms with Crippen molar-refractivity contribution in [3.8, 4) is 0 Å². The number of guanidine groups is 1. The third kappa shape index (κ3) is 5.97. The summed E-state index contributed by atoms with van der Waals surface area (Å²) in [4.78, 5) is 21.2. The Morgan fingerprint density at radius 2 is 1.90 bits per heavy atom. The summed E-state index contributed by atoms with van der Waals surface area (Å²) < 4.78 is 0. The molecule has 0 saturated carbocycles. The van der Waals surface area contributed by atoms with Crippen molar-refractivity contribution in [2.45, 2.75) is 39.4 Å². The van der Waals surface area contributed by atoms with Crippen molar-refractivity contribution in [1.82, 2.24) is 15.1 Å². The van der Waals surface area contributed by atoms with E-state index < -0.39 is 0 Å². The Balaban J connectivity index is 1.48. The summed E-state index contributed by atoms with van der Waals surface area (Å²) in [5, 5.41) is 4.06. The lowest BCUT2D eigenvalue weighted by atomic mass is 10.1. The molecule has 1 amide bonds. The molecule has 2 aromatic rings. The van der Waals surface area contributed by atoms with Crippen molar-refractivity contribution in [3.63, 3.8) is 0 Å². The molecule has 29 heavy (non-hydrogen) atoms. The Hall–Kier alpha value is -2.53. The van der Waals surface area contributed by atoms with Gasteiger partial charge in [0.2, 0.25) is 5.91 Å². The highest BCUT2D eigenvalue weighted by molar-refractivity contribution is 6.30. The average molecular weight is 413 g/mol. The first-order chi connectivity index (χ1) is 14.1. The highest BCUT2D eigenvalue weighted by Crippen LogP contribution is 2.23. The van der Waals surface area contributed by atoms with Crippen LogP contribution in [-0.2, 0) is 24.4 Å². The third-order valence-corrected chi connectivity index (χ3v) is 5.24. The number of amides is 1. The van der Waals surface area contributed by atoms with Crippen LogP contribution in [0.3, 0.4) is 0 Å². The van der Waals surface area contributed by atoms with Gasteiger partial charge in [-0.3, -0.25) is 9.79 Å². The molecule has 2 aromatic carbocycles. The summed E-state index contributed by atoms with van der Waals surface area (Å²) in [7, 11) is 2.01. The van der Waals surface area contributed by atoms with E-state index in [4.69, 9.17) is 16.6 Å². The molecule has 1 aliphatic heterocycles. The van der Waals surface area contributed by atoms with E-state index >= 15 is 0 Å². The van der Waals surface area contributed by atoms with E-state index in [1.165, 1.54) is 11.1 Å². The molecule has 5 nitrogen and oxygen atoms in total. The van der Waals surface area contributed by atoms with Crippen LogP contribution < -0.4 is 5.32 Å². The van der Waals surface area contributed by atoms with E-state index in [1.54, 1.807) is 0 Å². The molecular formula is C23H29ClN4O. The molecule has 0 bridgehead atoms. The number of hydrogen-bond acceptors (Lipinski definition) is 2. The van der Waals surface area contributed by atoms with Crippen molar-refractivity contribution in [1.29, 1.82) is 0 Å². The quantitative estimate of drug-likeness (QED) is 0.424. The standard InChI is InChI=1S/C23H29ClN4O/c1-3-25-23(27(2)15-18-8-6-11-21(24)14-18)26-13-7-12-22(29)28-16-19-9-4-5-10-20(19)17-28/h4-6,8-11,14H,3,7,12-13,15-17H2,1-2H3,(H,25,26). The monoisotopic (exact) mass is 412 g/mol. The highest BCUT2D eigenvalue weighted by atomic mass is 35.5. The van der Waals surface area contributed by atoms with E-state index in [0.717, 1.165) is 49.1 Å². The van der Waals surface area contributed by atoms with Gasteiger partial charge in [0, 0.05) is 51.2 Å². The predicted octanol–water partition coefficient (Wildman–Crippen LogP) is 4.06. The van der Waals surface area contributed by atoms with Crippen LogP contribution in [0.25, 0.3) is 0 Å². The molecule has 1 N–H and O–H groups in total. The van der Waals surface area contributed by atoms with Gasteiger partial charge in [0.1, 0.15) is 0 Å². The van der Waals surface area contributed by atoms with Crippen LogP contribution in [0, 0.1) is 0 Å². The molecule has 0 unspecified atom stereocenters. The van der Waals surface area contributed by atoms with E-state index in [2.05, 4.69) is 35.3 Å². The molecular weight excluding hydrogens is 384 g/mol. The van der Waals surface area contributed by atoms with Gasteiger partial charge in [-0.25, -0.2) is 0 Å². The molecule has 0 spiro atoms. The molecule has 1 aliphatic rings. The highest BCUT2D eigenvalue weighted by Gasteiger charge is 2.22. The largest absolute Gasteiger partial charge is 0.357 e. The van der Waals surface area contributed by atoms with Crippen LogP contribution in [0.4, 0.5) is 0 Å². The number of nitrogens with zero attached hydrogens (tertiary/aromatic N) is 3. The number of carbonyl (C=O) groups is 1. The molecule has 6 heteroatoms. The second-order valence-electron chi connectivity index (χ2n) is 7.34. The lowest BCUT2D eigenvalue weighted by molar-refractivity contribution is -0.131. The maximum Gasteiger partial charge on any atom is 0.223 e. The van der Waals surface area contributed by atoms with Gasteiger partial charge in [-0.2, -0.15) is 0 Å². The Morgan fingerprint density at radius 3 is 2.55 bits per heavy atom. The van der Waals surface area contributed by atoms with Crippen molar-refractivity contribution in [3.05, 3.63) is 70.2 Å². The summed E-state index contributed by atoms with van der Waals surface area (Å²) >= 11 is 6.08. The van der Waals surface area contributed by atoms with E-state index in [0.29, 0.717) is 13.0 Å². The Bertz CT molecular complexity index is 842.